The molecule has 0 bridgehead atoms. The smallest absolute Gasteiger partial charge is 0.145 e. The number of nitrogens with zero attached hydrogens (tertiary/aromatic N) is 3. The Hall–Kier alpha value is -1.95. The monoisotopic (exact) mass is 343 g/mol. The van der Waals surface area contributed by atoms with E-state index >= 15 is 0 Å². The molecule has 1 aliphatic rings. The molecular weight excluding hydrogens is 326 g/mol. The molecule has 1 aliphatic heterocycles. The number of benzene rings is 1. The van der Waals surface area contributed by atoms with Gasteiger partial charge in [0, 0.05) is 16.6 Å². The van der Waals surface area contributed by atoms with E-state index in [1.54, 1.807) is 18.5 Å². The van der Waals surface area contributed by atoms with Crippen LogP contribution in [0.25, 0.3) is 11.0 Å². The molecule has 1 N–H and O–H groups in total. The number of rotatable bonds is 3. The summed E-state index contributed by atoms with van der Waals surface area (Å²) in [6.07, 6.45) is 4.16. The van der Waals surface area contributed by atoms with E-state index in [2.05, 4.69) is 9.97 Å². The number of hydrogen-bond acceptors (Lipinski definition) is 4. The van der Waals surface area contributed by atoms with Gasteiger partial charge >= 0.3 is 0 Å². The van der Waals surface area contributed by atoms with Gasteiger partial charge in [-0.2, -0.15) is 0 Å². The first kappa shape index (κ1) is 15.6. The van der Waals surface area contributed by atoms with Crippen molar-refractivity contribution >= 4 is 22.6 Å². The Morgan fingerprint density at radius 1 is 1.21 bits per heavy atom. The van der Waals surface area contributed by atoms with Crippen molar-refractivity contribution in [1.82, 2.24) is 14.5 Å². The average Bonchev–Trinajstić information content (AvgIpc) is 3.22. The third-order valence-corrected chi connectivity index (χ3v) is 4.86. The first-order valence-corrected chi connectivity index (χ1v) is 8.38. The third kappa shape index (κ3) is 2.69. The molecule has 1 fully saturated rings. The molecule has 0 spiro atoms. The standard InChI is InChI=1S/C18H18ClN3O2/c1-11-14-8-9-22(18(14)21-10-20-11)16-7-6-15(24-16)17(23)12-2-4-13(19)5-3-12/h2-5,8-10,15-17,23H,6-7H2,1H3/t15-,16+,17+/m0/s1. The lowest BCUT2D eigenvalue weighted by molar-refractivity contribution is -0.0590. The Balaban J connectivity index is 1.55. The molecule has 124 valence electrons. The van der Waals surface area contributed by atoms with Gasteiger partial charge in [0.05, 0.1) is 11.8 Å². The number of aliphatic hydroxyl groups excluding tert-OH is 1. The lowest BCUT2D eigenvalue weighted by Crippen LogP contribution is -2.19. The Kier molecular flexibility index (Phi) is 4.00. The summed E-state index contributed by atoms with van der Waals surface area (Å²) in [6, 6.07) is 9.25. The van der Waals surface area contributed by atoms with Gasteiger partial charge in [-0.3, -0.25) is 0 Å². The zero-order valence-corrected chi connectivity index (χ0v) is 14.0. The van der Waals surface area contributed by atoms with Gasteiger partial charge in [-0.15, -0.1) is 0 Å². The van der Waals surface area contributed by atoms with Crippen molar-refractivity contribution in [2.24, 2.45) is 0 Å². The fourth-order valence-electron chi connectivity index (χ4n) is 3.29. The van der Waals surface area contributed by atoms with Crippen LogP contribution in [0, 0.1) is 6.92 Å². The van der Waals surface area contributed by atoms with Crippen LogP contribution in [-0.2, 0) is 4.74 Å². The average molecular weight is 344 g/mol. The zero-order chi connectivity index (χ0) is 16.7. The van der Waals surface area contributed by atoms with Gasteiger partial charge in [0.15, 0.2) is 0 Å². The molecule has 2 aromatic heterocycles. The van der Waals surface area contributed by atoms with Crippen molar-refractivity contribution in [2.75, 3.05) is 0 Å². The summed E-state index contributed by atoms with van der Waals surface area (Å²) in [5, 5.41) is 12.3. The number of halogens is 1. The Bertz CT molecular complexity index is 862. The normalized spacial score (nSPS) is 22.1. The maximum Gasteiger partial charge on any atom is 0.145 e. The van der Waals surface area contributed by atoms with Crippen molar-refractivity contribution in [2.45, 2.75) is 38.2 Å². The SMILES string of the molecule is Cc1ncnc2c1ccn2[C@H]1CC[C@@H]([C@H](O)c2ccc(Cl)cc2)O1. The largest absolute Gasteiger partial charge is 0.386 e. The molecule has 0 unspecified atom stereocenters. The van der Waals surface area contributed by atoms with Crippen LogP contribution in [0.4, 0.5) is 0 Å². The molecule has 6 heteroatoms. The van der Waals surface area contributed by atoms with Gasteiger partial charge in [0.25, 0.3) is 0 Å². The second-order valence-electron chi connectivity index (χ2n) is 6.12. The van der Waals surface area contributed by atoms with Crippen molar-refractivity contribution in [3.8, 4) is 0 Å². The summed E-state index contributed by atoms with van der Waals surface area (Å²) in [7, 11) is 0. The maximum atomic E-state index is 10.6. The zero-order valence-electron chi connectivity index (χ0n) is 13.3. The van der Waals surface area contributed by atoms with E-state index in [4.69, 9.17) is 16.3 Å². The van der Waals surface area contributed by atoms with E-state index in [0.29, 0.717) is 5.02 Å². The summed E-state index contributed by atoms with van der Waals surface area (Å²) in [6.45, 7) is 1.97. The maximum absolute atomic E-state index is 10.6. The van der Waals surface area contributed by atoms with E-state index < -0.39 is 6.10 Å². The molecule has 1 aromatic carbocycles. The van der Waals surface area contributed by atoms with Gasteiger partial charge in [-0.1, -0.05) is 23.7 Å². The van der Waals surface area contributed by atoms with Crippen LogP contribution in [0.1, 0.15) is 36.4 Å². The van der Waals surface area contributed by atoms with Crippen LogP contribution in [0.3, 0.4) is 0 Å². The first-order valence-electron chi connectivity index (χ1n) is 8.00. The Morgan fingerprint density at radius 2 is 2.00 bits per heavy atom. The van der Waals surface area contributed by atoms with Gasteiger partial charge in [-0.05, 0) is 43.5 Å². The predicted molar refractivity (Wildman–Crippen MR) is 91.8 cm³/mol. The molecule has 3 atom stereocenters. The van der Waals surface area contributed by atoms with Gasteiger partial charge < -0.3 is 14.4 Å². The number of fused-ring (bicyclic) bond motifs is 1. The van der Waals surface area contributed by atoms with E-state index in [0.717, 1.165) is 35.1 Å². The quantitative estimate of drug-likeness (QED) is 0.785. The molecule has 3 heterocycles. The fraction of sp³-hybridized carbons (Fsp3) is 0.333. The molecule has 3 aromatic rings. The van der Waals surface area contributed by atoms with Crippen molar-refractivity contribution in [3.63, 3.8) is 0 Å². The van der Waals surface area contributed by atoms with Crippen LogP contribution in [0.5, 0.6) is 0 Å². The van der Waals surface area contributed by atoms with E-state index in [1.807, 2.05) is 35.9 Å². The first-order chi connectivity index (χ1) is 11.6. The van der Waals surface area contributed by atoms with Crippen molar-refractivity contribution in [3.05, 3.63) is 59.1 Å². The highest BCUT2D eigenvalue weighted by Crippen LogP contribution is 2.36. The minimum atomic E-state index is -0.662. The Morgan fingerprint density at radius 3 is 2.79 bits per heavy atom. The van der Waals surface area contributed by atoms with Crippen LogP contribution in [0.15, 0.2) is 42.9 Å². The van der Waals surface area contributed by atoms with Gasteiger partial charge in [-0.25, -0.2) is 9.97 Å². The summed E-state index contributed by atoms with van der Waals surface area (Å²) in [4.78, 5) is 8.60. The second-order valence-corrected chi connectivity index (χ2v) is 6.56. The van der Waals surface area contributed by atoms with Gasteiger partial charge in [0.1, 0.15) is 24.3 Å². The summed E-state index contributed by atoms with van der Waals surface area (Å²) in [5.41, 5.74) is 2.64. The number of aryl methyl sites for hydroxylation is 1. The summed E-state index contributed by atoms with van der Waals surface area (Å²) in [5.74, 6) is 0. The number of aliphatic hydroxyl groups is 1. The van der Waals surface area contributed by atoms with E-state index in [1.165, 1.54) is 0 Å². The minimum Gasteiger partial charge on any atom is -0.386 e. The molecule has 1 saturated heterocycles. The van der Waals surface area contributed by atoms with E-state index in [-0.39, 0.29) is 12.3 Å². The molecule has 24 heavy (non-hydrogen) atoms. The predicted octanol–water partition coefficient (Wildman–Crippen LogP) is 3.80. The lowest BCUT2D eigenvalue weighted by atomic mass is 10.0. The molecular formula is C18H18ClN3O2. The third-order valence-electron chi connectivity index (χ3n) is 4.61. The van der Waals surface area contributed by atoms with Crippen molar-refractivity contribution < 1.29 is 9.84 Å². The number of ether oxygens (including phenoxy) is 1. The fourth-order valence-corrected chi connectivity index (χ4v) is 3.41. The van der Waals surface area contributed by atoms with Crippen LogP contribution >= 0.6 is 11.6 Å². The topological polar surface area (TPSA) is 60.2 Å². The Labute approximate surface area is 144 Å². The number of aromatic nitrogens is 3. The molecule has 0 saturated carbocycles. The summed E-state index contributed by atoms with van der Waals surface area (Å²) < 4.78 is 8.15. The lowest BCUT2D eigenvalue weighted by Gasteiger charge is -2.20. The van der Waals surface area contributed by atoms with Crippen LogP contribution in [-0.4, -0.2) is 25.7 Å². The molecule has 0 aliphatic carbocycles. The summed E-state index contributed by atoms with van der Waals surface area (Å²) >= 11 is 5.91. The highest BCUT2D eigenvalue weighted by Gasteiger charge is 2.33. The second kappa shape index (κ2) is 6.16. The molecule has 5 nitrogen and oxygen atoms in total. The van der Waals surface area contributed by atoms with Gasteiger partial charge in [0.2, 0.25) is 0 Å². The molecule has 0 amide bonds. The highest BCUT2D eigenvalue weighted by molar-refractivity contribution is 6.30. The van der Waals surface area contributed by atoms with E-state index in [9.17, 15) is 5.11 Å². The van der Waals surface area contributed by atoms with Crippen LogP contribution in [0.2, 0.25) is 5.02 Å². The molecule has 0 radical (unpaired) electrons. The highest BCUT2D eigenvalue weighted by atomic mass is 35.5. The van der Waals surface area contributed by atoms with Crippen LogP contribution < -0.4 is 0 Å². The minimum absolute atomic E-state index is 0.122. The molecule has 4 rings (SSSR count). The number of hydrogen-bond donors (Lipinski definition) is 1. The van der Waals surface area contributed by atoms with Crippen molar-refractivity contribution in [1.29, 1.82) is 0 Å².